The first kappa shape index (κ1) is 29.5. The summed E-state index contributed by atoms with van der Waals surface area (Å²) in [5.74, 6) is 1.96. The van der Waals surface area contributed by atoms with Crippen molar-refractivity contribution in [2.45, 2.75) is 27.7 Å². The molecular formula is C37H31N4Y-. The summed E-state index contributed by atoms with van der Waals surface area (Å²) < 4.78 is 2.33. The molecule has 7 aromatic rings. The number of benzene rings is 5. The van der Waals surface area contributed by atoms with Crippen molar-refractivity contribution < 1.29 is 32.7 Å². The number of rotatable bonds is 4. The van der Waals surface area contributed by atoms with E-state index in [0.29, 0.717) is 17.5 Å². The molecule has 2 heterocycles. The van der Waals surface area contributed by atoms with Crippen molar-refractivity contribution in [1.29, 1.82) is 0 Å². The number of hydrogen-bond donors (Lipinski definition) is 0. The molecule has 2 aromatic heterocycles. The van der Waals surface area contributed by atoms with Crippen molar-refractivity contribution in [3.05, 3.63) is 132 Å². The number of hydrogen-bond acceptors (Lipinski definition) is 3. The average molecular weight is 621 g/mol. The Morgan fingerprint density at radius 3 is 1.71 bits per heavy atom. The summed E-state index contributed by atoms with van der Waals surface area (Å²) in [6, 6.07) is 42.9. The second kappa shape index (κ2) is 12.9. The van der Waals surface area contributed by atoms with Crippen molar-refractivity contribution >= 4 is 21.8 Å². The molecule has 1 radical (unpaired) electrons. The third kappa shape index (κ3) is 5.70. The van der Waals surface area contributed by atoms with Crippen molar-refractivity contribution in [3.8, 4) is 39.9 Å². The molecule has 0 atom stereocenters. The van der Waals surface area contributed by atoms with E-state index in [1.807, 2.05) is 74.5 Å². The van der Waals surface area contributed by atoms with Crippen LogP contribution in [0, 0.1) is 19.9 Å². The van der Waals surface area contributed by atoms with Crippen LogP contribution in [0.1, 0.15) is 25.0 Å². The van der Waals surface area contributed by atoms with Gasteiger partial charge in [0.25, 0.3) is 0 Å². The van der Waals surface area contributed by atoms with E-state index >= 15 is 0 Å². The zero-order valence-electron chi connectivity index (χ0n) is 24.3. The van der Waals surface area contributed by atoms with E-state index < -0.39 is 0 Å². The summed E-state index contributed by atoms with van der Waals surface area (Å²) >= 11 is 0. The Labute approximate surface area is 272 Å². The van der Waals surface area contributed by atoms with Crippen LogP contribution in [0.25, 0.3) is 61.7 Å². The van der Waals surface area contributed by atoms with Gasteiger partial charge < -0.3 is 4.57 Å². The molecule has 203 valence electrons. The van der Waals surface area contributed by atoms with Crippen LogP contribution in [-0.2, 0) is 32.7 Å². The molecule has 0 fully saturated rings. The Morgan fingerprint density at radius 2 is 1.10 bits per heavy atom. The van der Waals surface area contributed by atoms with Crippen molar-refractivity contribution in [1.82, 2.24) is 19.5 Å². The van der Waals surface area contributed by atoms with Crippen LogP contribution in [0.15, 0.2) is 115 Å². The normalized spacial score (nSPS) is 10.7. The molecular weight excluding hydrogens is 589 g/mol. The van der Waals surface area contributed by atoms with E-state index in [1.165, 1.54) is 21.9 Å². The van der Waals surface area contributed by atoms with Gasteiger partial charge in [-0.15, -0.1) is 11.5 Å². The summed E-state index contributed by atoms with van der Waals surface area (Å²) in [7, 11) is 0. The molecule has 4 nitrogen and oxygen atoms in total. The topological polar surface area (TPSA) is 43.6 Å². The van der Waals surface area contributed by atoms with Crippen LogP contribution < -0.4 is 0 Å². The van der Waals surface area contributed by atoms with Crippen LogP contribution in [0.3, 0.4) is 0 Å². The van der Waals surface area contributed by atoms with Crippen molar-refractivity contribution in [2.75, 3.05) is 0 Å². The van der Waals surface area contributed by atoms with Crippen LogP contribution in [0.4, 0.5) is 0 Å². The Hall–Kier alpha value is -3.99. The maximum Gasteiger partial charge on any atom is 0.164 e. The largest absolute Gasteiger partial charge is 0.334 e. The number of fused-ring (bicyclic) bond motifs is 3. The third-order valence-corrected chi connectivity index (χ3v) is 7.06. The minimum atomic E-state index is 0. The second-order valence-corrected chi connectivity index (χ2v) is 9.86. The summed E-state index contributed by atoms with van der Waals surface area (Å²) in [5.41, 5.74) is 8.58. The molecule has 5 heteroatoms. The molecule has 0 unspecified atom stereocenters. The molecule has 42 heavy (non-hydrogen) atoms. The van der Waals surface area contributed by atoms with Gasteiger partial charge in [-0.25, -0.2) is 15.0 Å². The van der Waals surface area contributed by atoms with E-state index in [0.717, 1.165) is 33.5 Å². The number of aromatic nitrogens is 4. The first-order valence-corrected chi connectivity index (χ1v) is 14.0. The van der Waals surface area contributed by atoms with E-state index in [4.69, 9.17) is 15.0 Å². The smallest absolute Gasteiger partial charge is 0.164 e. The Morgan fingerprint density at radius 1 is 0.548 bits per heavy atom. The summed E-state index contributed by atoms with van der Waals surface area (Å²) in [4.78, 5) is 14.7. The fraction of sp³-hybridized carbons (Fsp3) is 0.108. The van der Waals surface area contributed by atoms with Crippen LogP contribution in [0.5, 0.6) is 0 Å². The van der Waals surface area contributed by atoms with Gasteiger partial charge >= 0.3 is 0 Å². The molecule has 0 N–H and O–H groups in total. The molecule has 0 amide bonds. The maximum absolute atomic E-state index is 4.94. The Bertz CT molecular complexity index is 1860. The van der Waals surface area contributed by atoms with Crippen LogP contribution in [-0.4, -0.2) is 19.5 Å². The summed E-state index contributed by atoms with van der Waals surface area (Å²) in [5, 5.41) is 2.41. The van der Waals surface area contributed by atoms with E-state index in [9.17, 15) is 0 Å². The molecule has 0 aliphatic rings. The number of nitrogens with zero attached hydrogens (tertiary/aromatic N) is 4. The summed E-state index contributed by atoms with van der Waals surface area (Å²) in [6.07, 6.45) is 0. The van der Waals surface area contributed by atoms with E-state index in [2.05, 4.69) is 79.1 Å². The molecule has 0 bridgehead atoms. The van der Waals surface area contributed by atoms with Crippen molar-refractivity contribution in [3.63, 3.8) is 0 Å². The van der Waals surface area contributed by atoms with Gasteiger partial charge in [-0.2, -0.15) is 17.7 Å². The van der Waals surface area contributed by atoms with Gasteiger partial charge in [0.2, 0.25) is 0 Å². The van der Waals surface area contributed by atoms with Gasteiger partial charge in [0, 0.05) is 60.6 Å². The van der Waals surface area contributed by atoms with Gasteiger partial charge in [-0.1, -0.05) is 111 Å². The molecule has 0 aliphatic heterocycles. The zero-order chi connectivity index (χ0) is 28.3. The standard InChI is InChI=1S/C35H25N4.C2H6.Y/c1-23-16-18-29-30-19-17-24(2)21-32(30)39(31(29)20-23)28-15-9-14-27(22-28)35-37-33(25-10-5-3-6-11-25)36-34(38-35)26-12-7-4-8-13-26;1-2;/h3-16,18-22H,1-2H3;1-2H3;/q-1;;. The summed E-state index contributed by atoms with van der Waals surface area (Å²) in [6.45, 7) is 8.22. The van der Waals surface area contributed by atoms with Gasteiger partial charge in [0.15, 0.2) is 17.5 Å². The van der Waals surface area contributed by atoms with Crippen molar-refractivity contribution in [2.24, 2.45) is 0 Å². The van der Waals surface area contributed by atoms with Crippen LogP contribution >= 0.6 is 0 Å². The van der Waals surface area contributed by atoms with Crippen LogP contribution in [0.2, 0.25) is 0 Å². The van der Waals surface area contributed by atoms with Gasteiger partial charge in [0.05, 0.1) is 0 Å². The fourth-order valence-electron chi connectivity index (χ4n) is 5.17. The van der Waals surface area contributed by atoms with Gasteiger partial charge in [-0.3, -0.25) is 0 Å². The van der Waals surface area contributed by atoms with Gasteiger partial charge in [0.1, 0.15) is 0 Å². The average Bonchev–Trinajstić information content (AvgIpc) is 3.35. The predicted octanol–water partition coefficient (Wildman–Crippen LogP) is 9.41. The second-order valence-electron chi connectivity index (χ2n) is 9.86. The third-order valence-electron chi connectivity index (χ3n) is 7.06. The molecule has 0 saturated carbocycles. The van der Waals surface area contributed by atoms with E-state index in [1.54, 1.807) is 0 Å². The minimum absolute atomic E-state index is 0. The quantitative estimate of drug-likeness (QED) is 0.184. The molecule has 0 aliphatic carbocycles. The Kier molecular flexibility index (Phi) is 9.06. The number of aryl methyl sites for hydroxylation is 2. The monoisotopic (exact) mass is 620 g/mol. The van der Waals surface area contributed by atoms with Gasteiger partial charge in [-0.05, 0) is 36.1 Å². The minimum Gasteiger partial charge on any atom is -0.334 e. The molecule has 0 spiro atoms. The molecule has 7 rings (SSSR count). The molecule has 5 aromatic carbocycles. The van der Waals surface area contributed by atoms with E-state index in [-0.39, 0.29) is 32.7 Å². The molecule has 0 saturated heterocycles. The maximum atomic E-state index is 4.94. The SMILES string of the molecule is CC.Cc1[c-]cc2c3ccc(C)cc3n(-c3cccc(-c4nc(-c5ccccc5)nc(-c5ccccc5)n4)c3)c2c1.[Y]. The Balaban J connectivity index is 0.00000115. The first-order valence-electron chi connectivity index (χ1n) is 14.0. The fourth-order valence-corrected chi connectivity index (χ4v) is 5.17. The predicted molar refractivity (Wildman–Crippen MR) is 170 cm³/mol. The first-order chi connectivity index (χ1) is 20.1. The zero-order valence-corrected chi connectivity index (χ0v) is 27.2.